The van der Waals surface area contributed by atoms with Gasteiger partial charge in [0.2, 0.25) is 5.91 Å². The second-order valence-electron chi connectivity index (χ2n) is 6.94. The van der Waals surface area contributed by atoms with Crippen LogP contribution in [0.3, 0.4) is 0 Å². The molecule has 2 fully saturated rings. The van der Waals surface area contributed by atoms with Crippen LogP contribution < -0.4 is 9.47 Å². The Hall–Kier alpha value is -2.62. The molecule has 164 valence electrons. The van der Waals surface area contributed by atoms with Gasteiger partial charge in [0.1, 0.15) is 6.61 Å². The maximum Gasteiger partial charge on any atom is 0.410 e. The Morgan fingerprint density at radius 2 is 1.83 bits per heavy atom. The molecule has 30 heavy (non-hydrogen) atoms. The highest BCUT2D eigenvalue weighted by Crippen LogP contribution is 2.32. The molecule has 0 spiro atoms. The lowest BCUT2D eigenvalue weighted by atomic mass is 10.0. The van der Waals surface area contributed by atoms with Gasteiger partial charge in [-0.15, -0.1) is 11.8 Å². The molecule has 1 aromatic rings. The number of benzene rings is 1. The van der Waals surface area contributed by atoms with Gasteiger partial charge in [0.05, 0.1) is 27.1 Å². The molecule has 0 saturated carbocycles. The summed E-state index contributed by atoms with van der Waals surface area (Å²) in [5.41, 5.74) is 0. The molecular formula is C20H26N2O7S. The predicted molar refractivity (Wildman–Crippen MR) is 109 cm³/mol. The summed E-state index contributed by atoms with van der Waals surface area (Å²) in [7, 11) is 4.44. The van der Waals surface area contributed by atoms with E-state index in [-0.39, 0.29) is 18.6 Å². The zero-order chi connectivity index (χ0) is 21.7. The monoisotopic (exact) mass is 438 g/mol. The van der Waals surface area contributed by atoms with Crippen LogP contribution in [0.25, 0.3) is 0 Å². The van der Waals surface area contributed by atoms with E-state index in [1.165, 1.54) is 23.8 Å². The van der Waals surface area contributed by atoms with Crippen molar-refractivity contribution in [3.8, 4) is 11.5 Å². The molecule has 2 heterocycles. The maximum absolute atomic E-state index is 12.6. The number of nitrogens with zero attached hydrogens (tertiary/aromatic N) is 2. The summed E-state index contributed by atoms with van der Waals surface area (Å²) in [6, 6.07) is 4.68. The molecule has 2 aliphatic heterocycles. The van der Waals surface area contributed by atoms with Gasteiger partial charge in [0.15, 0.2) is 17.5 Å². The van der Waals surface area contributed by atoms with Gasteiger partial charge in [-0.2, -0.15) is 0 Å². The van der Waals surface area contributed by atoms with E-state index < -0.39 is 18.1 Å². The van der Waals surface area contributed by atoms with Gasteiger partial charge < -0.3 is 23.8 Å². The number of carbonyl (C=O) groups is 3. The number of methoxy groups -OCH3 is 3. The third-order valence-electron chi connectivity index (χ3n) is 5.31. The van der Waals surface area contributed by atoms with Crippen molar-refractivity contribution < 1.29 is 33.3 Å². The molecule has 0 unspecified atom stereocenters. The number of amides is 2. The molecule has 0 aliphatic carbocycles. The average molecular weight is 439 g/mol. The Morgan fingerprint density at radius 3 is 2.47 bits per heavy atom. The van der Waals surface area contributed by atoms with Crippen molar-refractivity contribution >= 4 is 29.7 Å². The number of hydrogen-bond acceptors (Lipinski definition) is 8. The van der Waals surface area contributed by atoms with Gasteiger partial charge in [-0.1, -0.05) is 0 Å². The van der Waals surface area contributed by atoms with E-state index in [1.54, 1.807) is 19.1 Å². The second-order valence-corrected chi connectivity index (χ2v) is 7.99. The van der Waals surface area contributed by atoms with E-state index in [2.05, 4.69) is 0 Å². The van der Waals surface area contributed by atoms with Gasteiger partial charge in [-0.3, -0.25) is 9.69 Å². The lowest BCUT2D eigenvalue weighted by molar-refractivity contribution is -0.146. The van der Waals surface area contributed by atoms with Crippen molar-refractivity contribution in [1.29, 1.82) is 0 Å². The van der Waals surface area contributed by atoms with E-state index in [0.29, 0.717) is 43.2 Å². The molecule has 0 radical (unpaired) electrons. The first-order valence-electron chi connectivity index (χ1n) is 9.64. The van der Waals surface area contributed by atoms with E-state index in [1.807, 2.05) is 18.2 Å². The fourth-order valence-corrected chi connectivity index (χ4v) is 4.52. The van der Waals surface area contributed by atoms with Crippen molar-refractivity contribution in [2.75, 3.05) is 46.8 Å². The smallest absolute Gasteiger partial charge is 0.410 e. The van der Waals surface area contributed by atoms with Crippen molar-refractivity contribution in [1.82, 2.24) is 9.80 Å². The molecule has 0 bridgehead atoms. The topological polar surface area (TPSA) is 94.6 Å². The summed E-state index contributed by atoms with van der Waals surface area (Å²) in [6.45, 7) is 1.05. The molecule has 1 aromatic carbocycles. The van der Waals surface area contributed by atoms with Gasteiger partial charge >= 0.3 is 12.1 Å². The molecule has 2 amide bonds. The SMILES string of the molecule is COC(=O)[C@@H]1COC(=O)N1C1CCN(C(=O)CSc2ccc(OC)c(OC)c2)CC1. The number of cyclic esters (lactones) is 1. The number of likely N-dealkylation sites (tertiary alicyclic amines) is 1. The van der Waals surface area contributed by atoms with Crippen LogP contribution in [0.15, 0.2) is 23.1 Å². The van der Waals surface area contributed by atoms with Crippen molar-refractivity contribution in [3.63, 3.8) is 0 Å². The summed E-state index contributed by atoms with van der Waals surface area (Å²) in [6.07, 6.45) is 0.684. The van der Waals surface area contributed by atoms with Crippen molar-refractivity contribution in [3.05, 3.63) is 18.2 Å². The number of carbonyl (C=O) groups excluding carboxylic acids is 3. The molecule has 2 aliphatic rings. The van der Waals surface area contributed by atoms with E-state index >= 15 is 0 Å². The van der Waals surface area contributed by atoms with Crippen LogP contribution in [-0.2, 0) is 19.1 Å². The van der Waals surface area contributed by atoms with Gasteiger partial charge in [-0.05, 0) is 31.0 Å². The fraction of sp³-hybridized carbons (Fsp3) is 0.550. The zero-order valence-corrected chi connectivity index (χ0v) is 18.1. The van der Waals surface area contributed by atoms with E-state index in [9.17, 15) is 14.4 Å². The first kappa shape index (κ1) is 22.1. The highest BCUT2D eigenvalue weighted by atomic mass is 32.2. The highest BCUT2D eigenvalue weighted by molar-refractivity contribution is 8.00. The summed E-state index contributed by atoms with van der Waals surface area (Å²) >= 11 is 1.43. The number of esters is 1. The van der Waals surface area contributed by atoms with Crippen LogP contribution in [0.4, 0.5) is 4.79 Å². The minimum atomic E-state index is -0.713. The largest absolute Gasteiger partial charge is 0.493 e. The van der Waals surface area contributed by atoms with Crippen LogP contribution in [0.5, 0.6) is 11.5 Å². The fourth-order valence-electron chi connectivity index (χ4n) is 3.69. The minimum Gasteiger partial charge on any atom is -0.493 e. The van der Waals surface area contributed by atoms with Crippen molar-refractivity contribution in [2.24, 2.45) is 0 Å². The predicted octanol–water partition coefficient (Wildman–Crippen LogP) is 1.78. The molecule has 3 rings (SSSR count). The van der Waals surface area contributed by atoms with Crippen molar-refractivity contribution in [2.45, 2.75) is 29.8 Å². The Morgan fingerprint density at radius 1 is 1.13 bits per heavy atom. The number of rotatable bonds is 7. The Labute approximate surface area is 179 Å². The van der Waals surface area contributed by atoms with Crippen LogP contribution in [0.1, 0.15) is 12.8 Å². The molecule has 10 heteroatoms. The minimum absolute atomic E-state index is 0.00656. The number of ether oxygens (including phenoxy) is 4. The van der Waals surface area contributed by atoms with Crippen LogP contribution >= 0.6 is 11.8 Å². The van der Waals surface area contributed by atoms with E-state index in [4.69, 9.17) is 18.9 Å². The van der Waals surface area contributed by atoms with Crippen LogP contribution in [0, 0.1) is 0 Å². The van der Waals surface area contributed by atoms with Crippen LogP contribution in [-0.4, -0.2) is 86.6 Å². The number of piperidine rings is 1. The maximum atomic E-state index is 12.6. The Bertz CT molecular complexity index is 795. The van der Waals surface area contributed by atoms with Crippen LogP contribution in [0.2, 0.25) is 0 Å². The van der Waals surface area contributed by atoms with Gasteiger partial charge in [-0.25, -0.2) is 9.59 Å². The number of hydrogen-bond donors (Lipinski definition) is 0. The molecule has 9 nitrogen and oxygen atoms in total. The highest BCUT2D eigenvalue weighted by Gasteiger charge is 2.44. The lowest BCUT2D eigenvalue weighted by Gasteiger charge is -2.37. The summed E-state index contributed by atoms with van der Waals surface area (Å²) in [5, 5.41) is 0. The lowest BCUT2D eigenvalue weighted by Crippen LogP contribution is -2.52. The second kappa shape index (κ2) is 9.92. The molecule has 1 atom stereocenters. The molecule has 2 saturated heterocycles. The number of thioether (sulfide) groups is 1. The quantitative estimate of drug-likeness (QED) is 0.470. The third-order valence-corrected chi connectivity index (χ3v) is 6.29. The van der Waals surface area contributed by atoms with Gasteiger partial charge in [0, 0.05) is 24.0 Å². The molecular weight excluding hydrogens is 412 g/mol. The molecule has 0 N–H and O–H groups in total. The Kier molecular flexibility index (Phi) is 7.30. The van der Waals surface area contributed by atoms with Gasteiger partial charge in [0.25, 0.3) is 0 Å². The summed E-state index contributed by atoms with van der Waals surface area (Å²) < 4.78 is 20.3. The zero-order valence-electron chi connectivity index (χ0n) is 17.3. The molecule has 0 aromatic heterocycles. The normalized spacial score (nSPS) is 19.4. The Balaban J connectivity index is 1.52. The summed E-state index contributed by atoms with van der Waals surface area (Å²) in [4.78, 5) is 40.8. The first-order chi connectivity index (χ1) is 14.5. The van der Waals surface area contributed by atoms with E-state index in [0.717, 1.165) is 4.90 Å². The summed E-state index contributed by atoms with van der Waals surface area (Å²) in [5.74, 6) is 1.11. The standard InChI is InChI=1S/C20H26N2O7S/c1-26-16-5-4-14(10-17(16)27-2)30-12-18(23)21-8-6-13(7-9-21)22-15(19(24)28-3)11-29-20(22)25/h4-5,10,13,15H,6-9,11-12H2,1-3H3/t15-/m0/s1. The third kappa shape index (κ3) is 4.75. The first-order valence-corrected chi connectivity index (χ1v) is 10.6. The average Bonchev–Trinajstić information content (AvgIpc) is 3.18.